The summed E-state index contributed by atoms with van der Waals surface area (Å²) in [6, 6.07) is 12.0. The largest absolute Gasteiger partial charge is 0.300 e. The van der Waals surface area contributed by atoms with Gasteiger partial charge in [-0.15, -0.1) is 10.2 Å². The van der Waals surface area contributed by atoms with E-state index in [2.05, 4.69) is 39.6 Å². The quantitative estimate of drug-likeness (QED) is 0.789. The van der Waals surface area contributed by atoms with Crippen LogP contribution in [0.4, 0.5) is 5.13 Å². The number of nitrogens with one attached hydrogen (secondary N) is 1. The molecule has 2 aromatic heterocycles. The van der Waals surface area contributed by atoms with Gasteiger partial charge in [-0.1, -0.05) is 35.6 Å². The van der Waals surface area contributed by atoms with Crippen molar-refractivity contribution in [3.63, 3.8) is 0 Å². The first-order valence-corrected chi connectivity index (χ1v) is 8.64. The van der Waals surface area contributed by atoms with E-state index < -0.39 is 0 Å². The van der Waals surface area contributed by atoms with Crippen molar-refractivity contribution in [2.45, 2.75) is 19.3 Å². The number of aromatic nitrogens is 3. The number of carbonyl (C=O) groups excluding carboxylic acids is 1. The van der Waals surface area contributed by atoms with Crippen molar-refractivity contribution in [2.24, 2.45) is 5.92 Å². The molecule has 2 heterocycles. The molecule has 5 nitrogen and oxygen atoms in total. The molecule has 1 saturated carbocycles. The van der Waals surface area contributed by atoms with E-state index in [1.165, 1.54) is 22.5 Å². The maximum Gasteiger partial charge on any atom is 0.229 e. The van der Waals surface area contributed by atoms with Gasteiger partial charge in [-0.25, -0.2) is 0 Å². The highest BCUT2D eigenvalue weighted by Crippen LogP contribution is 2.49. The van der Waals surface area contributed by atoms with Crippen LogP contribution in [0, 0.1) is 12.8 Å². The Bertz CT molecular complexity index is 877. The second kappa shape index (κ2) is 6.13. The van der Waals surface area contributed by atoms with Gasteiger partial charge in [-0.2, -0.15) is 0 Å². The Labute approximate surface area is 143 Å². The van der Waals surface area contributed by atoms with Crippen LogP contribution in [0.1, 0.15) is 23.5 Å². The number of hydrogen-bond acceptors (Lipinski definition) is 5. The van der Waals surface area contributed by atoms with E-state index in [9.17, 15) is 4.79 Å². The summed E-state index contributed by atoms with van der Waals surface area (Å²) in [5.74, 6) is 0.367. The van der Waals surface area contributed by atoms with Crippen LogP contribution in [0.2, 0.25) is 0 Å². The monoisotopic (exact) mass is 336 g/mol. The standard InChI is InChI=1S/C18H16N4OS/c1-11-5-2-3-7-13(11)14-9-15(14)16(23)20-18-22-21-17(24-18)12-6-4-8-19-10-12/h2-8,10,14-15H,9H2,1H3,(H,20,22,23)/t14-,15-/m0/s1. The smallest absolute Gasteiger partial charge is 0.229 e. The Morgan fingerprint density at radius 1 is 1.21 bits per heavy atom. The summed E-state index contributed by atoms with van der Waals surface area (Å²) in [4.78, 5) is 16.5. The molecule has 0 spiro atoms. The zero-order chi connectivity index (χ0) is 16.5. The molecule has 1 aliphatic carbocycles. The second-order valence-electron chi connectivity index (χ2n) is 5.95. The molecule has 1 aromatic carbocycles. The zero-order valence-corrected chi connectivity index (χ0v) is 14.0. The lowest BCUT2D eigenvalue weighted by atomic mass is 10.0. The fraction of sp³-hybridized carbons (Fsp3) is 0.222. The Balaban J connectivity index is 1.43. The molecule has 0 unspecified atom stereocenters. The summed E-state index contributed by atoms with van der Waals surface area (Å²) >= 11 is 1.37. The predicted octanol–water partition coefficient (Wildman–Crippen LogP) is 3.65. The van der Waals surface area contributed by atoms with Crippen LogP contribution in [-0.4, -0.2) is 21.1 Å². The maximum atomic E-state index is 12.4. The molecule has 24 heavy (non-hydrogen) atoms. The fourth-order valence-corrected chi connectivity index (χ4v) is 3.65. The minimum Gasteiger partial charge on any atom is -0.300 e. The molecule has 0 bridgehead atoms. The minimum atomic E-state index is 0.0249. The molecular formula is C18H16N4OS. The van der Waals surface area contributed by atoms with E-state index in [4.69, 9.17) is 0 Å². The number of nitrogens with zero attached hydrogens (tertiary/aromatic N) is 3. The van der Waals surface area contributed by atoms with Crippen molar-refractivity contribution in [1.29, 1.82) is 0 Å². The lowest BCUT2D eigenvalue weighted by Crippen LogP contribution is -2.14. The first kappa shape index (κ1) is 15.0. The Morgan fingerprint density at radius 2 is 2.08 bits per heavy atom. The van der Waals surface area contributed by atoms with Gasteiger partial charge in [0, 0.05) is 23.9 Å². The second-order valence-corrected chi connectivity index (χ2v) is 6.93. The summed E-state index contributed by atoms with van der Waals surface area (Å²) in [7, 11) is 0. The molecule has 3 aromatic rings. The first-order valence-electron chi connectivity index (χ1n) is 7.82. The van der Waals surface area contributed by atoms with E-state index in [-0.39, 0.29) is 11.8 Å². The van der Waals surface area contributed by atoms with Gasteiger partial charge in [0.25, 0.3) is 0 Å². The molecule has 4 rings (SSSR count). The third-order valence-corrected chi connectivity index (χ3v) is 5.17. The molecule has 1 amide bonds. The summed E-state index contributed by atoms with van der Waals surface area (Å²) in [6.45, 7) is 2.09. The Morgan fingerprint density at radius 3 is 2.88 bits per heavy atom. The number of carbonyl (C=O) groups is 1. The lowest BCUT2D eigenvalue weighted by Gasteiger charge is -2.04. The molecule has 1 N–H and O–H groups in total. The van der Waals surface area contributed by atoms with Crippen LogP contribution >= 0.6 is 11.3 Å². The molecule has 120 valence electrons. The van der Waals surface area contributed by atoms with Crippen LogP contribution in [-0.2, 0) is 4.79 Å². The van der Waals surface area contributed by atoms with E-state index in [0.717, 1.165) is 17.0 Å². The van der Waals surface area contributed by atoms with E-state index in [1.54, 1.807) is 12.4 Å². The highest BCUT2D eigenvalue weighted by atomic mass is 32.1. The normalized spacial score (nSPS) is 19.0. The molecular weight excluding hydrogens is 320 g/mol. The number of amides is 1. The average molecular weight is 336 g/mol. The van der Waals surface area contributed by atoms with Crippen molar-refractivity contribution in [1.82, 2.24) is 15.2 Å². The van der Waals surface area contributed by atoms with Gasteiger partial charge >= 0.3 is 0 Å². The van der Waals surface area contributed by atoms with Crippen LogP contribution in [0.15, 0.2) is 48.8 Å². The van der Waals surface area contributed by atoms with Crippen molar-refractivity contribution in [3.05, 3.63) is 59.9 Å². The average Bonchev–Trinajstić information content (AvgIpc) is 3.27. The maximum absolute atomic E-state index is 12.4. The molecule has 2 atom stereocenters. The van der Waals surface area contributed by atoms with Crippen molar-refractivity contribution in [2.75, 3.05) is 5.32 Å². The highest BCUT2D eigenvalue weighted by molar-refractivity contribution is 7.18. The number of anilines is 1. The molecule has 6 heteroatoms. The Hall–Kier alpha value is -2.60. The molecule has 0 radical (unpaired) electrons. The van der Waals surface area contributed by atoms with Gasteiger partial charge in [0.1, 0.15) is 0 Å². The summed E-state index contributed by atoms with van der Waals surface area (Å²) in [6.07, 6.45) is 4.35. The predicted molar refractivity (Wildman–Crippen MR) is 93.8 cm³/mol. The number of pyridine rings is 1. The Kier molecular flexibility index (Phi) is 3.82. The number of rotatable bonds is 4. The third-order valence-electron chi connectivity index (χ3n) is 4.28. The SMILES string of the molecule is Cc1ccccc1[C@@H]1C[C@@H]1C(=O)Nc1nnc(-c2cccnc2)s1. The van der Waals surface area contributed by atoms with Crippen molar-refractivity contribution >= 4 is 22.4 Å². The summed E-state index contributed by atoms with van der Waals surface area (Å²) < 4.78 is 0. The van der Waals surface area contributed by atoms with E-state index in [1.807, 2.05) is 24.3 Å². The molecule has 0 aliphatic heterocycles. The van der Waals surface area contributed by atoms with Gasteiger partial charge in [0.15, 0.2) is 5.01 Å². The lowest BCUT2D eigenvalue weighted by molar-refractivity contribution is -0.117. The molecule has 1 aliphatic rings. The van der Waals surface area contributed by atoms with Gasteiger partial charge in [-0.05, 0) is 42.5 Å². The minimum absolute atomic E-state index is 0.0249. The van der Waals surface area contributed by atoms with E-state index >= 15 is 0 Å². The van der Waals surface area contributed by atoms with Gasteiger partial charge in [-0.3, -0.25) is 9.78 Å². The van der Waals surface area contributed by atoms with Gasteiger partial charge in [0.05, 0.1) is 0 Å². The van der Waals surface area contributed by atoms with E-state index in [0.29, 0.717) is 11.0 Å². The molecule has 0 saturated heterocycles. The van der Waals surface area contributed by atoms with Gasteiger partial charge in [0.2, 0.25) is 11.0 Å². The number of aryl methyl sites for hydroxylation is 1. The third kappa shape index (κ3) is 2.92. The highest BCUT2D eigenvalue weighted by Gasteiger charge is 2.44. The van der Waals surface area contributed by atoms with Crippen molar-refractivity contribution < 1.29 is 4.79 Å². The number of hydrogen-bond donors (Lipinski definition) is 1. The summed E-state index contributed by atoms with van der Waals surface area (Å²) in [5.41, 5.74) is 3.42. The zero-order valence-electron chi connectivity index (χ0n) is 13.1. The topological polar surface area (TPSA) is 67.8 Å². The van der Waals surface area contributed by atoms with Crippen LogP contribution < -0.4 is 5.32 Å². The number of benzene rings is 1. The first-order chi connectivity index (χ1) is 11.7. The fourth-order valence-electron chi connectivity index (χ4n) is 2.91. The van der Waals surface area contributed by atoms with Crippen LogP contribution in [0.25, 0.3) is 10.6 Å². The van der Waals surface area contributed by atoms with Crippen LogP contribution in [0.3, 0.4) is 0 Å². The van der Waals surface area contributed by atoms with Gasteiger partial charge < -0.3 is 5.32 Å². The van der Waals surface area contributed by atoms with Crippen LogP contribution in [0.5, 0.6) is 0 Å². The van der Waals surface area contributed by atoms with Crippen molar-refractivity contribution in [3.8, 4) is 10.6 Å². The summed E-state index contributed by atoms with van der Waals surface area (Å²) in [5, 5.41) is 12.4. The molecule has 1 fully saturated rings.